The Bertz CT molecular complexity index is 953. The third kappa shape index (κ3) is 3.38. The molecule has 1 amide bonds. The molecular weight excluding hydrogens is 400 g/mol. The molecule has 1 unspecified atom stereocenters. The molecule has 6 nitrogen and oxygen atoms in total. The van der Waals surface area contributed by atoms with Crippen LogP contribution in [0.25, 0.3) is 11.1 Å². The maximum atomic E-state index is 11.8. The molecule has 0 saturated heterocycles. The third-order valence-corrected chi connectivity index (χ3v) is 5.08. The molecule has 0 radical (unpaired) electrons. The van der Waals surface area contributed by atoms with Crippen molar-refractivity contribution in [3.8, 4) is 0 Å². The van der Waals surface area contributed by atoms with Crippen LogP contribution < -0.4 is 5.32 Å². The van der Waals surface area contributed by atoms with Gasteiger partial charge in [-0.2, -0.15) is 0 Å². The lowest BCUT2D eigenvalue weighted by Gasteiger charge is -2.12. The van der Waals surface area contributed by atoms with Crippen LogP contribution in [0, 0.1) is 6.92 Å². The predicted molar refractivity (Wildman–Crippen MR) is 102 cm³/mol. The standard InChI is InChI=1S/C19H19BrN2O4/c1-10-15(20)13(9-25-3)14-16(22-11(2)23)18(26-19(14)21-10)17(24)12-7-5-4-6-8-12/h4-8,17,24H,9H2,1-3H3,(H,22,23). The monoisotopic (exact) mass is 418 g/mol. The topological polar surface area (TPSA) is 84.6 Å². The van der Waals surface area contributed by atoms with Crippen molar-refractivity contribution in [3.05, 3.63) is 57.4 Å². The molecule has 3 rings (SSSR count). The van der Waals surface area contributed by atoms with Crippen molar-refractivity contribution in [2.24, 2.45) is 0 Å². The number of nitrogens with one attached hydrogen (secondary N) is 1. The fourth-order valence-electron chi connectivity index (χ4n) is 2.88. The minimum absolute atomic E-state index is 0.240. The number of carbonyl (C=O) groups excluding carboxylic acids is 1. The lowest BCUT2D eigenvalue weighted by molar-refractivity contribution is -0.114. The second kappa shape index (κ2) is 7.57. The fourth-order valence-corrected chi connectivity index (χ4v) is 3.29. The van der Waals surface area contributed by atoms with Crippen LogP contribution in [0.3, 0.4) is 0 Å². The van der Waals surface area contributed by atoms with E-state index in [2.05, 4.69) is 26.2 Å². The number of amides is 1. The van der Waals surface area contributed by atoms with E-state index < -0.39 is 6.10 Å². The number of aryl methyl sites for hydroxylation is 1. The van der Waals surface area contributed by atoms with Gasteiger partial charge in [0.2, 0.25) is 11.6 Å². The molecule has 0 aliphatic rings. The van der Waals surface area contributed by atoms with Crippen molar-refractivity contribution in [1.29, 1.82) is 0 Å². The number of aliphatic hydroxyl groups excluding tert-OH is 1. The van der Waals surface area contributed by atoms with Gasteiger partial charge < -0.3 is 19.6 Å². The third-order valence-electron chi connectivity index (χ3n) is 4.02. The highest BCUT2D eigenvalue weighted by Gasteiger charge is 2.27. The molecule has 0 saturated carbocycles. The second-order valence-electron chi connectivity index (χ2n) is 5.94. The van der Waals surface area contributed by atoms with Crippen molar-refractivity contribution < 1.29 is 19.1 Å². The van der Waals surface area contributed by atoms with Gasteiger partial charge in [0.25, 0.3) is 0 Å². The SMILES string of the molecule is COCc1c(Br)c(C)nc2oc(C(O)c3ccccc3)c(NC(C)=O)c12. The van der Waals surface area contributed by atoms with Gasteiger partial charge in [0.05, 0.1) is 23.4 Å². The summed E-state index contributed by atoms with van der Waals surface area (Å²) in [6.07, 6.45) is -1.04. The molecule has 1 aromatic carbocycles. The first-order valence-corrected chi connectivity index (χ1v) is 8.84. The maximum absolute atomic E-state index is 11.8. The van der Waals surface area contributed by atoms with Crippen molar-refractivity contribution in [2.45, 2.75) is 26.6 Å². The number of aliphatic hydroxyl groups is 1. The molecule has 0 bridgehead atoms. The summed E-state index contributed by atoms with van der Waals surface area (Å²) in [5, 5.41) is 14.2. The average molecular weight is 419 g/mol. The minimum Gasteiger partial charge on any atom is -0.437 e. The molecule has 2 heterocycles. The highest BCUT2D eigenvalue weighted by Crippen LogP contribution is 2.41. The Labute approximate surface area is 159 Å². The molecule has 26 heavy (non-hydrogen) atoms. The number of hydrogen-bond acceptors (Lipinski definition) is 5. The van der Waals surface area contributed by atoms with E-state index in [1.165, 1.54) is 6.92 Å². The predicted octanol–water partition coefficient (Wildman–Crippen LogP) is 4.09. The summed E-state index contributed by atoms with van der Waals surface area (Å²) >= 11 is 3.53. The Morgan fingerprint density at radius 3 is 2.69 bits per heavy atom. The summed E-state index contributed by atoms with van der Waals surface area (Å²) in [5.41, 5.74) is 2.93. The van der Waals surface area contributed by atoms with Crippen LogP contribution >= 0.6 is 15.9 Å². The number of ether oxygens (including phenoxy) is 1. The molecule has 2 aromatic heterocycles. The molecule has 0 fully saturated rings. The van der Waals surface area contributed by atoms with Crippen LogP contribution in [0.1, 0.15) is 35.6 Å². The summed E-state index contributed by atoms with van der Waals surface area (Å²) in [7, 11) is 1.59. The zero-order valence-electron chi connectivity index (χ0n) is 14.7. The van der Waals surface area contributed by atoms with Crippen LogP contribution in [-0.4, -0.2) is 23.1 Å². The highest BCUT2D eigenvalue weighted by molar-refractivity contribution is 9.10. The van der Waals surface area contributed by atoms with Crippen molar-refractivity contribution in [3.63, 3.8) is 0 Å². The van der Waals surface area contributed by atoms with E-state index in [1.807, 2.05) is 25.1 Å². The number of rotatable bonds is 5. The molecule has 0 spiro atoms. The van der Waals surface area contributed by atoms with E-state index in [0.717, 1.165) is 15.7 Å². The van der Waals surface area contributed by atoms with Gasteiger partial charge in [-0.05, 0) is 28.4 Å². The number of anilines is 1. The van der Waals surface area contributed by atoms with Gasteiger partial charge in [0.15, 0.2) is 5.76 Å². The van der Waals surface area contributed by atoms with Crippen molar-refractivity contribution >= 4 is 38.6 Å². The van der Waals surface area contributed by atoms with Crippen LogP contribution in [0.15, 0.2) is 39.2 Å². The zero-order valence-corrected chi connectivity index (χ0v) is 16.3. The largest absolute Gasteiger partial charge is 0.437 e. The van der Waals surface area contributed by atoms with Crippen molar-refractivity contribution in [2.75, 3.05) is 12.4 Å². The number of methoxy groups -OCH3 is 1. The molecule has 1 atom stereocenters. The normalized spacial score (nSPS) is 12.3. The number of furan rings is 1. The highest BCUT2D eigenvalue weighted by atomic mass is 79.9. The maximum Gasteiger partial charge on any atom is 0.229 e. The molecule has 7 heteroatoms. The number of benzene rings is 1. The lowest BCUT2D eigenvalue weighted by Crippen LogP contribution is -2.10. The average Bonchev–Trinajstić information content (AvgIpc) is 2.96. The van der Waals surface area contributed by atoms with Gasteiger partial charge in [0, 0.05) is 24.1 Å². The Hall–Kier alpha value is -2.22. The summed E-state index contributed by atoms with van der Waals surface area (Å²) in [4.78, 5) is 16.2. The number of fused-ring (bicyclic) bond motifs is 1. The van der Waals surface area contributed by atoms with Gasteiger partial charge in [-0.15, -0.1) is 0 Å². The minimum atomic E-state index is -1.04. The van der Waals surface area contributed by atoms with Crippen LogP contribution in [0.5, 0.6) is 0 Å². The second-order valence-corrected chi connectivity index (χ2v) is 6.73. The van der Waals surface area contributed by atoms with Crippen molar-refractivity contribution in [1.82, 2.24) is 4.98 Å². The quantitative estimate of drug-likeness (QED) is 0.651. The molecule has 0 aliphatic carbocycles. The summed E-state index contributed by atoms with van der Waals surface area (Å²) in [6, 6.07) is 9.10. The van der Waals surface area contributed by atoms with Gasteiger partial charge >= 0.3 is 0 Å². The molecule has 0 aliphatic heterocycles. The van der Waals surface area contributed by atoms with E-state index in [0.29, 0.717) is 29.0 Å². The number of hydrogen-bond donors (Lipinski definition) is 2. The Morgan fingerprint density at radius 2 is 2.08 bits per heavy atom. The van der Waals surface area contributed by atoms with Crippen LogP contribution in [-0.2, 0) is 16.1 Å². The molecule has 2 N–H and O–H groups in total. The van der Waals surface area contributed by atoms with Gasteiger partial charge in [-0.3, -0.25) is 4.79 Å². The summed E-state index contributed by atoms with van der Waals surface area (Å²) < 4.78 is 12.0. The van der Waals surface area contributed by atoms with Gasteiger partial charge in [-0.1, -0.05) is 30.3 Å². The number of halogens is 1. The first kappa shape index (κ1) is 18.6. The first-order valence-electron chi connectivity index (χ1n) is 8.05. The van der Waals surface area contributed by atoms with E-state index in [9.17, 15) is 9.90 Å². The van der Waals surface area contributed by atoms with E-state index in [-0.39, 0.29) is 11.7 Å². The lowest BCUT2D eigenvalue weighted by atomic mass is 10.0. The van der Waals surface area contributed by atoms with E-state index in [4.69, 9.17) is 9.15 Å². The van der Waals surface area contributed by atoms with Gasteiger partial charge in [0.1, 0.15) is 6.10 Å². The summed E-state index contributed by atoms with van der Waals surface area (Å²) in [6.45, 7) is 3.55. The van der Waals surface area contributed by atoms with Gasteiger partial charge in [-0.25, -0.2) is 4.98 Å². The van der Waals surface area contributed by atoms with Crippen LogP contribution in [0.2, 0.25) is 0 Å². The number of pyridine rings is 1. The Morgan fingerprint density at radius 1 is 1.38 bits per heavy atom. The number of carbonyl (C=O) groups is 1. The fraction of sp³-hybridized carbons (Fsp3) is 0.263. The number of aromatic nitrogens is 1. The molecule has 136 valence electrons. The van der Waals surface area contributed by atoms with E-state index >= 15 is 0 Å². The molecule has 3 aromatic rings. The van der Waals surface area contributed by atoms with Crippen LogP contribution in [0.4, 0.5) is 5.69 Å². The first-order chi connectivity index (χ1) is 12.4. The summed E-state index contributed by atoms with van der Waals surface area (Å²) in [5.74, 6) is -0.0296. The smallest absolute Gasteiger partial charge is 0.229 e. The molecular formula is C19H19BrN2O4. The Balaban J connectivity index is 2.29. The Kier molecular flexibility index (Phi) is 5.41. The van der Waals surface area contributed by atoms with E-state index in [1.54, 1.807) is 19.2 Å². The number of nitrogens with zero attached hydrogens (tertiary/aromatic N) is 1. The zero-order chi connectivity index (χ0) is 18.8.